The van der Waals surface area contributed by atoms with Crippen LogP contribution in [0.5, 0.6) is 0 Å². The van der Waals surface area contributed by atoms with E-state index in [1.807, 2.05) is 36.7 Å². The first-order valence-corrected chi connectivity index (χ1v) is 6.72. The Kier molecular flexibility index (Phi) is 3.33. The minimum atomic E-state index is 0.0609. The van der Waals surface area contributed by atoms with E-state index in [-0.39, 0.29) is 5.56 Å². The molecule has 0 fully saturated rings. The number of pyridine rings is 2. The Labute approximate surface area is 117 Å². The number of rotatable bonds is 3. The molecule has 0 aliphatic heterocycles. The third kappa shape index (κ3) is 2.35. The van der Waals surface area contributed by atoms with Gasteiger partial charge in [-0.25, -0.2) is 0 Å². The summed E-state index contributed by atoms with van der Waals surface area (Å²) >= 11 is 0. The first-order chi connectivity index (χ1) is 9.75. The van der Waals surface area contributed by atoms with Crippen LogP contribution in [0.2, 0.25) is 0 Å². The van der Waals surface area contributed by atoms with Crippen LogP contribution < -0.4 is 5.56 Å². The Morgan fingerprint density at radius 1 is 1.05 bits per heavy atom. The van der Waals surface area contributed by atoms with Crippen LogP contribution in [0.3, 0.4) is 0 Å². The van der Waals surface area contributed by atoms with Gasteiger partial charge in [0.15, 0.2) is 0 Å². The van der Waals surface area contributed by atoms with E-state index in [9.17, 15) is 4.79 Å². The number of benzene rings is 1. The number of hydrogen-bond donors (Lipinski definition) is 0. The predicted molar refractivity (Wildman–Crippen MR) is 80.8 cm³/mol. The molecule has 0 aliphatic carbocycles. The number of hydrogen-bond acceptors (Lipinski definition) is 2. The molecule has 0 radical (unpaired) electrons. The summed E-state index contributed by atoms with van der Waals surface area (Å²) in [5, 5.41) is 1.85. The van der Waals surface area contributed by atoms with Crippen LogP contribution in [0, 0.1) is 0 Å². The van der Waals surface area contributed by atoms with Crippen molar-refractivity contribution in [2.24, 2.45) is 7.05 Å². The van der Waals surface area contributed by atoms with E-state index in [0.717, 1.165) is 23.6 Å². The van der Waals surface area contributed by atoms with Gasteiger partial charge in [-0.2, -0.15) is 0 Å². The summed E-state index contributed by atoms with van der Waals surface area (Å²) in [5.41, 5.74) is 2.49. The first kappa shape index (κ1) is 12.6. The Balaban J connectivity index is 1.96. The lowest BCUT2D eigenvalue weighted by Crippen LogP contribution is -2.15. The van der Waals surface area contributed by atoms with Crippen molar-refractivity contribution < 1.29 is 0 Å². The summed E-state index contributed by atoms with van der Waals surface area (Å²) in [6, 6.07) is 12.0. The molecule has 3 nitrogen and oxygen atoms in total. The van der Waals surface area contributed by atoms with Crippen LogP contribution >= 0.6 is 0 Å². The van der Waals surface area contributed by atoms with Gasteiger partial charge in [0.05, 0.1) is 0 Å². The highest BCUT2D eigenvalue weighted by molar-refractivity contribution is 5.84. The zero-order chi connectivity index (χ0) is 13.9. The maximum Gasteiger partial charge on any atom is 0.258 e. The van der Waals surface area contributed by atoms with E-state index >= 15 is 0 Å². The van der Waals surface area contributed by atoms with Crippen LogP contribution in [-0.4, -0.2) is 9.55 Å². The molecule has 100 valence electrons. The molecule has 2 heterocycles. The van der Waals surface area contributed by atoms with E-state index < -0.39 is 0 Å². The van der Waals surface area contributed by atoms with E-state index in [4.69, 9.17) is 0 Å². The number of nitrogens with zero attached hydrogens (tertiary/aromatic N) is 2. The molecule has 0 atom stereocenters. The second kappa shape index (κ2) is 5.29. The Bertz CT molecular complexity index is 791. The summed E-state index contributed by atoms with van der Waals surface area (Å²) in [6.45, 7) is 0. The minimum Gasteiger partial charge on any atom is -0.318 e. The van der Waals surface area contributed by atoms with Gasteiger partial charge < -0.3 is 4.57 Å². The van der Waals surface area contributed by atoms with Crippen molar-refractivity contribution in [3.63, 3.8) is 0 Å². The van der Waals surface area contributed by atoms with Crippen molar-refractivity contribution in [3.05, 3.63) is 76.5 Å². The highest BCUT2D eigenvalue weighted by Gasteiger charge is 2.05. The van der Waals surface area contributed by atoms with Gasteiger partial charge in [-0.15, -0.1) is 0 Å². The van der Waals surface area contributed by atoms with E-state index in [2.05, 4.69) is 17.1 Å². The highest BCUT2D eigenvalue weighted by Crippen LogP contribution is 2.17. The van der Waals surface area contributed by atoms with Gasteiger partial charge in [0.1, 0.15) is 0 Å². The number of aromatic nitrogens is 2. The van der Waals surface area contributed by atoms with Crippen molar-refractivity contribution >= 4 is 10.8 Å². The van der Waals surface area contributed by atoms with Crippen LogP contribution in [-0.2, 0) is 19.9 Å². The lowest BCUT2D eigenvalue weighted by Gasteiger charge is -2.07. The fourth-order valence-corrected chi connectivity index (χ4v) is 2.48. The van der Waals surface area contributed by atoms with Crippen LogP contribution in [0.4, 0.5) is 0 Å². The molecule has 0 aliphatic rings. The van der Waals surface area contributed by atoms with E-state index in [1.165, 1.54) is 11.1 Å². The van der Waals surface area contributed by atoms with Crippen molar-refractivity contribution in [2.75, 3.05) is 0 Å². The molecule has 0 unspecified atom stereocenters. The molecule has 3 heteroatoms. The topological polar surface area (TPSA) is 34.9 Å². The fourth-order valence-electron chi connectivity index (χ4n) is 2.48. The lowest BCUT2D eigenvalue weighted by atomic mass is 10.0. The van der Waals surface area contributed by atoms with Crippen LogP contribution in [0.15, 0.2) is 59.8 Å². The molecule has 0 amide bonds. The van der Waals surface area contributed by atoms with Gasteiger partial charge in [-0.1, -0.05) is 18.2 Å². The predicted octanol–water partition coefficient (Wildman–Crippen LogP) is 2.72. The van der Waals surface area contributed by atoms with E-state index in [0.29, 0.717) is 0 Å². The molecule has 3 rings (SSSR count). The molecule has 0 spiro atoms. The van der Waals surface area contributed by atoms with E-state index in [1.54, 1.807) is 17.8 Å². The van der Waals surface area contributed by atoms with Crippen molar-refractivity contribution in [2.45, 2.75) is 12.8 Å². The monoisotopic (exact) mass is 264 g/mol. The van der Waals surface area contributed by atoms with Gasteiger partial charge >= 0.3 is 0 Å². The number of aryl methyl sites for hydroxylation is 3. The molecule has 0 saturated carbocycles. The summed E-state index contributed by atoms with van der Waals surface area (Å²) in [6.07, 6.45) is 7.35. The third-order valence-corrected chi connectivity index (χ3v) is 3.62. The normalized spacial score (nSPS) is 10.8. The quantitative estimate of drug-likeness (QED) is 0.729. The van der Waals surface area contributed by atoms with Gasteiger partial charge in [-0.05, 0) is 47.6 Å². The molecule has 0 N–H and O–H groups in total. The van der Waals surface area contributed by atoms with Crippen LogP contribution in [0.25, 0.3) is 10.8 Å². The Morgan fingerprint density at radius 3 is 2.75 bits per heavy atom. The highest BCUT2D eigenvalue weighted by atomic mass is 16.1. The van der Waals surface area contributed by atoms with Gasteiger partial charge in [0, 0.05) is 31.0 Å². The summed E-state index contributed by atoms with van der Waals surface area (Å²) < 4.78 is 1.62. The number of fused-ring (bicyclic) bond motifs is 1. The Hall–Kier alpha value is -2.42. The summed E-state index contributed by atoms with van der Waals surface area (Å²) in [4.78, 5) is 16.2. The fraction of sp³-hybridized carbons (Fsp3) is 0.176. The summed E-state index contributed by atoms with van der Waals surface area (Å²) in [5.74, 6) is 0. The average molecular weight is 264 g/mol. The first-order valence-electron chi connectivity index (χ1n) is 6.72. The second-order valence-corrected chi connectivity index (χ2v) is 4.97. The zero-order valence-corrected chi connectivity index (χ0v) is 11.4. The van der Waals surface area contributed by atoms with Crippen molar-refractivity contribution in [3.8, 4) is 0 Å². The lowest BCUT2D eigenvalue weighted by molar-refractivity contribution is 0.871. The van der Waals surface area contributed by atoms with Crippen molar-refractivity contribution in [1.82, 2.24) is 9.55 Å². The smallest absolute Gasteiger partial charge is 0.258 e. The molecular formula is C17H16N2O. The zero-order valence-electron chi connectivity index (χ0n) is 11.4. The van der Waals surface area contributed by atoms with Gasteiger partial charge in [0.2, 0.25) is 0 Å². The molecule has 3 aromatic rings. The Morgan fingerprint density at radius 2 is 1.95 bits per heavy atom. The standard InChI is InChI=1S/C17H16N2O/c1-19-11-9-15-14(5-2-6-16(15)17(19)20)8-7-13-4-3-10-18-12-13/h2-6,9-12H,7-8H2,1H3. The SMILES string of the molecule is Cn1ccc2c(CCc3cccnc3)cccc2c1=O. The third-order valence-electron chi connectivity index (χ3n) is 3.62. The molecule has 0 saturated heterocycles. The van der Waals surface area contributed by atoms with Gasteiger partial charge in [-0.3, -0.25) is 9.78 Å². The van der Waals surface area contributed by atoms with Crippen molar-refractivity contribution in [1.29, 1.82) is 0 Å². The molecule has 2 aromatic heterocycles. The molecular weight excluding hydrogens is 248 g/mol. The van der Waals surface area contributed by atoms with Crippen LogP contribution in [0.1, 0.15) is 11.1 Å². The maximum atomic E-state index is 12.1. The maximum absolute atomic E-state index is 12.1. The molecule has 20 heavy (non-hydrogen) atoms. The average Bonchev–Trinajstić information content (AvgIpc) is 2.50. The minimum absolute atomic E-state index is 0.0609. The molecule has 0 bridgehead atoms. The molecule has 1 aromatic carbocycles. The second-order valence-electron chi connectivity index (χ2n) is 4.97. The largest absolute Gasteiger partial charge is 0.318 e. The van der Waals surface area contributed by atoms with Gasteiger partial charge in [0.25, 0.3) is 5.56 Å². The summed E-state index contributed by atoms with van der Waals surface area (Å²) in [7, 11) is 1.78.